The molecule has 1 unspecified atom stereocenters. The predicted molar refractivity (Wildman–Crippen MR) is 111 cm³/mol. The van der Waals surface area contributed by atoms with Crippen molar-refractivity contribution in [3.05, 3.63) is 35.4 Å². The number of morpholine rings is 1. The van der Waals surface area contributed by atoms with Crippen LogP contribution in [0.1, 0.15) is 30.4 Å². The summed E-state index contributed by atoms with van der Waals surface area (Å²) < 4.78 is 5.46. The van der Waals surface area contributed by atoms with Gasteiger partial charge in [0, 0.05) is 52.7 Å². The van der Waals surface area contributed by atoms with Gasteiger partial charge in [0.2, 0.25) is 5.91 Å². The van der Waals surface area contributed by atoms with Crippen LogP contribution in [-0.4, -0.2) is 68.1 Å². The minimum absolute atomic E-state index is 0.216. The molecule has 2 fully saturated rings. The van der Waals surface area contributed by atoms with Gasteiger partial charge in [-0.3, -0.25) is 14.7 Å². The first-order valence-corrected chi connectivity index (χ1v) is 10.3. The Balaban J connectivity index is 1.58. The predicted octanol–water partition coefficient (Wildman–Crippen LogP) is 1.18. The normalized spacial score (nSPS) is 21.5. The highest BCUT2D eigenvalue weighted by atomic mass is 16.5. The third kappa shape index (κ3) is 5.94. The van der Waals surface area contributed by atoms with Crippen molar-refractivity contribution in [2.45, 2.75) is 32.4 Å². The smallest absolute Gasteiger partial charge is 0.217 e. The summed E-state index contributed by atoms with van der Waals surface area (Å²) in [6, 6.07) is 8.58. The van der Waals surface area contributed by atoms with E-state index in [0.29, 0.717) is 12.3 Å². The van der Waals surface area contributed by atoms with Crippen molar-refractivity contribution < 1.29 is 9.53 Å². The Morgan fingerprint density at radius 3 is 2.71 bits per heavy atom. The number of nitrogens with zero attached hydrogens (tertiary/aromatic N) is 3. The van der Waals surface area contributed by atoms with Crippen LogP contribution in [0.15, 0.2) is 29.3 Å². The lowest BCUT2D eigenvalue weighted by Crippen LogP contribution is -2.47. The molecule has 7 heteroatoms. The fourth-order valence-corrected chi connectivity index (χ4v) is 4.10. The molecular weight excluding hydrogens is 354 g/mol. The summed E-state index contributed by atoms with van der Waals surface area (Å²) in [5.41, 5.74) is 8.03. The number of likely N-dealkylation sites (tertiary alicyclic amines) is 1. The van der Waals surface area contributed by atoms with E-state index in [1.54, 1.807) is 0 Å². The zero-order valence-corrected chi connectivity index (χ0v) is 16.9. The van der Waals surface area contributed by atoms with E-state index in [4.69, 9.17) is 10.5 Å². The van der Waals surface area contributed by atoms with Crippen LogP contribution < -0.4 is 11.1 Å². The summed E-state index contributed by atoms with van der Waals surface area (Å²) in [6.07, 6.45) is 2.57. The van der Waals surface area contributed by atoms with Gasteiger partial charge in [0.25, 0.3) is 0 Å². The second-order valence-corrected chi connectivity index (χ2v) is 7.68. The van der Waals surface area contributed by atoms with Gasteiger partial charge in [0.1, 0.15) is 0 Å². The molecule has 2 heterocycles. The maximum Gasteiger partial charge on any atom is 0.217 e. The quantitative estimate of drug-likeness (QED) is 0.566. The van der Waals surface area contributed by atoms with E-state index in [1.165, 1.54) is 11.1 Å². The van der Waals surface area contributed by atoms with E-state index in [0.717, 1.165) is 71.3 Å². The van der Waals surface area contributed by atoms with E-state index in [1.807, 2.05) is 7.05 Å². The van der Waals surface area contributed by atoms with Crippen molar-refractivity contribution in [3.63, 3.8) is 0 Å². The van der Waals surface area contributed by atoms with Crippen molar-refractivity contribution in [2.75, 3.05) is 46.4 Å². The van der Waals surface area contributed by atoms with E-state index in [2.05, 4.69) is 44.4 Å². The van der Waals surface area contributed by atoms with Crippen LogP contribution in [0.5, 0.6) is 0 Å². The monoisotopic (exact) mass is 387 g/mol. The number of carbonyl (C=O) groups excluding carboxylic acids is 1. The number of nitrogens with one attached hydrogen (secondary N) is 1. The van der Waals surface area contributed by atoms with Crippen LogP contribution in [0.3, 0.4) is 0 Å². The molecule has 0 aromatic heterocycles. The van der Waals surface area contributed by atoms with Gasteiger partial charge in [-0.25, -0.2) is 0 Å². The molecule has 154 valence electrons. The number of amides is 1. The number of aliphatic imine (C=N–C) groups is 1. The lowest BCUT2D eigenvalue weighted by Gasteiger charge is -2.34. The van der Waals surface area contributed by atoms with Crippen molar-refractivity contribution in [3.8, 4) is 0 Å². The zero-order chi connectivity index (χ0) is 19.8. The van der Waals surface area contributed by atoms with Gasteiger partial charge < -0.3 is 20.7 Å². The number of ether oxygens (including phenoxy) is 1. The Hall–Kier alpha value is -2.12. The second-order valence-electron chi connectivity index (χ2n) is 7.68. The first-order valence-electron chi connectivity index (χ1n) is 10.3. The van der Waals surface area contributed by atoms with Crippen LogP contribution in [0, 0.1) is 5.92 Å². The van der Waals surface area contributed by atoms with E-state index < -0.39 is 0 Å². The molecule has 7 nitrogen and oxygen atoms in total. The number of primary amides is 1. The molecule has 1 amide bonds. The summed E-state index contributed by atoms with van der Waals surface area (Å²) in [7, 11) is 1.82. The van der Waals surface area contributed by atoms with E-state index in [9.17, 15) is 4.79 Å². The Kier molecular flexibility index (Phi) is 7.68. The number of carbonyl (C=O) groups is 1. The molecular formula is C21H33N5O2. The fraction of sp³-hybridized carbons (Fsp3) is 0.619. The highest BCUT2D eigenvalue weighted by Crippen LogP contribution is 2.20. The standard InChI is InChI=1S/C21H33N5O2/c1-23-21(26-8-4-5-17(15-26)13-20(22)27)24-14-18-6-2-3-7-19(18)16-25-9-11-28-12-10-25/h2-3,6-7,17H,4-5,8-16H2,1H3,(H2,22,27)(H,23,24). The van der Waals surface area contributed by atoms with Crippen LogP contribution >= 0.6 is 0 Å². The first kappa shape index (κ1) is 20.6. The van der Waals surface area contributed by atoms with Crippen molar-refractivity contribution >= 4 is 11.9 Å². The number of rotatable bonds is 6. The zero-order valence-electron chi connectivity index (χ0n) is 16.9. The first-order chi connectivity index (χ1) is 13.7. The summed E-state index contributed by atoms with van der Waals surface area (Å²) in [5, 5.41) is 3.52. The van der Waals surface area contributed by atoms with Gasteiger partial charge >= 0.3 is 0 Å². The maximum atomic E-state index is 11.3. The molecule has 0 bridgehead atoms. The molecule has 1 aromatic carbocycles. The van der Waals surface area contributed by atoms with Crippen LogP contribution in [-0.2, 0) is 22.6 Å². The summed E-state index contributed by atoms with van der Waals surface area (Å²) >= 11 is 0. The molecule has 1 atom stereocenters. The Morgan fingerprint density at radius 2 is 2.00 bits per heavy atom. The van der Waals surface area contributed by atoms with E-state index >= 15 is 0 Å². The molecule has 0 aliphatic carbocycles. The summed E-state index contributed by atoms with van der Waals surface area (Å²) in [5.74, 6) is 1.00. The van der Waals surface area contributed by atoms with Gasteiger partial charge in [-0.2, -0.15) is 0 Å². The Bertz CT molecular complexity index is 673. The topological polar surface area (TPSA) is 83.2 Å². The molecule has 0 saturated carbocycles. The number of hydrogen-bond acceptors (Lipinski definition) is 4. The highest BCUT2D eigenvalue weighted by molar-refractivity contribution is 5.80. The molecule has 2 aliphatic rings. The highest BCUT2D eigenvalue weighted by Gasteiger charge is 2.23. The third-order valence-electron chi connectivity index (χ3n) is 5.57. The molecule has 2 saturated heterocycles. The van der Waals surface area contributed by atoms with Gasteiger partial charge in [-0.1, -0.05) is 24.3 Å². The average molecular weight is 388 g/mol. The molecule has 0 spiro atoms. The number of guanidine groups is 1. The minimum Gasteiger partial charge on any atom is -0.379 e. The second kappa shape index (κ2) is 10.4. The van der Waals surface area contributed by atoms with Gasteiger partial charge in [0.05, 0.1) is 13.2 Å². The summed E-state index contributed by atoms with van der Waals surface area (Å²) in [6.45, 7) is 7.08. The molecule has 28 heavy (non-hydrogen) atoms. The molecule has 3 N–H and O–H groups in total. The molecule has 2 aliphatic heterocycles. The largest absolute Gasteiger partial charge is 0.379 e. The van der Waals surface area contributed by atoms with Crippen LogP contribution in [0.2, 0.25) is 0 Å². The lowest BCUT2D eigenvalue weighted by molar-refractivity contribution is -0.119. The average Bonchev–Trinajstić information content (AvgIpc) is 2.70. The summed E-state index contributed by atoms with van der Waals surface area (Å²) in [4.78, 5) is 20.4. The number of benzene rings is 1. The minimum atomic E-state index is -0.216. The van der Waals surface area contributed by atoms with E-state index in [-0.39, 0.29) is 5.91 Å². The number of nitrogens with two attached hydrogens (primary N) is 1. The number of hydrogen-bond donors (Lipinski definition) is 2. The maximum absolute atomic E-state index is 11.3. The Labute approximate surface area is 167 Å². The third-order valence-corrected chi connectivity index (χ3v) is 5.57. The van der Waals surface area contributed by atoms with Crippen LogP contribution in [0.4, 0.5) is 0 Å². The fourth-order valence-electron chi connectivity index (χ4n) is 4.10. The van der Waals surface area contributed by atoms with Crippen molar-refractivity contribution in [2.24, 2.45) is 16.6 Å². The SMILES string of the molecule is CN=C(NCc1ccccc1CN1CCOCC1)N1CCCC(CC(N)=O)C1. The van der Waals surface area contributed by atoms with Gasteiger partial charge in [-0.05, 0) is 29.9 Å². The van der Waals surface area contributed by atoms with Gasteiger partial charge in [-0.15, -0.1) is 0 Å². The van der Waals surface area contributed by atoms with Gasteiger partial charge in [0.15, 0.2) is 5.96 Å². The molecule has 1 aromatic rings. The number of piperidine rings is 1. The van der Waals surface area contributed by atoms with Crippen LogP contribution in [0.25, 0.3) is 0 Å². The molecule has 3 rings (SSSR count). The van der Waals surface area contributed by atoms with Crippen molar-refractivity contribution in [1.82, 2.24) is 15.1 Å². The molecule has 0 radical (unpaired) electrons. The Morgan fingerprint density at radius 1 is 1.25 bits per heavy atom. The lowest BCUT2D eigenvalue weighted by atomic mass is 9.95. The van der Waals surface area contributed by atoms with Crippen molar-refractivity contribution in [1.29, 1.82) is 0 Å².